The predicted octanol–water partition coefficient (Wildman–Crippen LogP) is 6.02. The van der Waals surface area contributed by atoms with E-state index in [1.807, 2.05) is 84.9 Å². The first-order valence-corrected chi connectivity index (χ1v) is 9.29. The van der Waals surface area contributed by atoms with Crippen LogP contribution in [0.2, 0.25) is 0 Å². The normalized spacial score (nSPS) is 10.3. The average Bonchev–Trinajstić information content (AvgIpc) is 2.80. The Morgan fingerprint density at radius 3 is 1.21 bits per heavy atom. The Labute approximate surface area is 169 Å². The van der Waals surface area contributed by atoms with Crippen LogP contribution in [0, 0.1) is 0 Å². The van der Waals surface area contributed by atoms with Gasteiger partial charge in [0.15, 0.2) is 0 Å². The zero-order chi connectivity index (χ0) is 20.1. The third-order valence-electron chi connectivity index (χ3n) is 4.65. The third kappa shape index (κ3) is 3.99. The van der Waals surface area contributed by atoms with Gasteiger partial charge in [-0.05, 0) is 34.4 Å². The summed E-state index contributed by atoms with van der Waals surface area (Å²) in [6.07, 6.45) is 0. The Kier molecular flexibility index (Phi) is 5.30. The maximum atomic E-state index is 12.8. The number of esters is 2. The van der Waals surface area contributed by atoms with Crippen molar-refractivity contribution in [3.63, 3.8) is 0 Å². The minimum Gasteiger partial charge on any atom is -0.386 e. The maximum absolute atomic E-state index is 12.8. The molecule has 4 aromatic carbocycles. The highest BCUT2D eigenvalue weighted by molar-refractivity contribution is 6.08. The first kappa shape index (κ1) is 18.4. The number of hydrogen-bond acceptors (Lipinski definition) is 3. The quantitative estimate of drug-likeness (QED) is 0.322. The Morgan fingerprint density at radius 2 is 0.793 bits per heavy atom. The standard InChI is InChI=1S/C26H18O3/c27-25(23-17-9-7-15-21(23)19-11-3-1-4-12-19)29-26(28)24-18-10-8-16-22(24)20-13-5-2-6-14-20/h1-18H. The van der Waals surface area contributed by atoms with Crippen LogP contribution in [0.1, 0.15) is 20.7 Å². The summed E-state index contributed by atoms with van der Waals surface area (Å²) in [6, 6.07) is 33.3. The van der Waals surface area contributed by atoms with E-state index in [-0.39, 0.29) is 0 Å². The lowest BCUT2D eigenvalue weighted by molar-refractivity contribution is 0.0399. The number of ether oxygens (including phenoxy) is 1. The Bertz CT molecular complexity index is 1060. The summed E-state index contributed by atoms with van der Waals surface area (Å²) in [7, 11) is 0. The van der Waals surface area contributed by atoms with Crippen molar-refractivity contribution in [1.29, 1.82) is 0 Å². The molecule has 140 valence electrons. The fourth-order valence-electron chi connectivity index (χ4n) is 3.26. The highest BCUT2D eigenvalue weighted by Crippen LogP contribution is 2.26. The highest BCUT2D eigenvalue weighted by atomic mass is 16.6. The summed E-state index contributed by atoms with van der Waals surface area (Å²) >= 11 is 0. The van der Waals surface area contributed by atoms with Crippen molar-refractivity contribution in [2.45, 2.75) is 0 Å². The molecule has 0 N–H and O–H groups in total. The van der Waals surface area contributed by atoms with Gasteiger partial charge in [0, 0.05) is 0 Å². The van der Waals surface area contributed by atoms with Crippen molar-refractivity contribution >= 4 is 11.9 Å². The molecule has 0 unspecified atom stereocenters. The van der Waals surface area contributed by atoms with Gasteiger partial charge < -0.3 is 4.74 Å². The van der Waals surface area contributed by atoms with Crippen molar-refractivity contribution in [2.75, 3.05) is 0 Å². The van der Waals surface area contributed by atoms with Crippen molar-refractivity contribution in [3.8, 4) is 22.3 Å². The number of carbonyl (C=O) groups is 2. The maximum Gasteiger partial charge on any atom is 0.346 e. The van der Waals surface area contributed by atoms with Crippen LogP contribution in [0.4, 0.5) is 0 Å². The van der Waals surface area contributed by atoms with Crippen LogP contribution in [-0.2, 0) is 4.74 Å². The number of carbonyl (C=O) groups excluding carboxylic acids is 2. The van der Waals surface area contributed by atoms with Gasteiger partial charge in [-0.1, -0.05) is 97.1 Å². The second kappa shape index (κ2) is 8.36. The van der Waals surface area contributed by atoms with Gasteiger partial charge in [-0.25, -0.2) is 9.59 Å². The van der Waals surface area contributed by atoms with Crippen LogP contribution < -0.4 is 0 Å². The van der Waals surface area contributed by atoms with Crippen molar-refractivity contribution < 1.29 is 14.3 Å². The molecule has 0 aromatic heterocycles. The van der Waals surface area contributed by atoms with Crippen molar-refractivity contribution in [2.24, 2.45) is 0 Å². The SMILES string of the molecule is O=C(OC(=O)c1ccccc1-c1ccccc1)c1ccccc1-c1ccccc1. The molecule has 0 saturated carbocycles. The first-order chi connectivity index (χ1) is 14.2. The van der Waals surface area contributed by atoms with E-state index in [2.05, 4.69) is 0 Å². The second-order valence-electron chi connectivity index (χ2n) is 6.50. The van der Waals surface area contributed by atoms with Crippen LogP contribution in [0.15, 0.2) is 109 Å². The molecule has 0 radical (unpaired) electrons. The third-order valence-corrected chi connectivity index (χ3v) is 4.65. The summed E-state index contributed by atoms with van der Waals surface area (Å²) in [5, 5.41) is 0. The molecule has 0 aliphatic heterocycles. The van der Waals surface area contributed by atoms with Gasteiger partial charge in [0.1, 0.15) is 0 Å². The monoisotopic (exact) mass is 378 g/mol. The van der Waals surface area contributed by atoms with E-state index in [0.29, 0.717) is 11.1 Å². The molecule has 4 rings (SSSR count). The molecule has 29 heavy (non-hydrogen) atoms. The smallest absolute Gasteiger partial charge is 0.346 e. The Hall–Kier alpha value is -3.98. The molecular weight excluding hydrogens is 360 g/mol. The topological polar surface area (TPSA) is 43.4 Å². The van der Waals surface area contributed by atoms with Gasteiger partial charge in [0.05, 0.1) is 11.1 Å². The molecule has 0 spiro atoms. The van der Waals surface area contributed by atoms with Crippen LogP contribution in [0.25, 0.3) is 22.3 Å². The van der Waals surface area contributed by atoms with Crippen molar-refractivity contribution in [1.82, 2.24) is 0 Å². The minimum absolute atomic E-state index is 0.351. The molecule has 0 aliphatic rings. The van der Waals surface area contributed by atoms with E-state index in [9.17, 15) is 9.59 Å². The fourth-order valence-corrected chi connectivity index (χ4v) is 3.26. The zero-order valence-electron chi connectivity index (χ0n) is 15.6. The summed E-state index contributed by atoms with van der Waals surface area (Å²) in [4.78, 5) is 25.7. The second-order valence-corrected chi connectivity index (χ2v) is 6.50. The molecule has 0 amide bonds. The van der Waals surface area contributed by atoms with Crippen molar-refractivity contribution in [3.05, 3.63) is 120 Å². The number of hydrogen-bond donors (Lipinski definition) is 0. The van der Waals surface area contributed by atoms with E-state index in [1.54, 1.807) is 24.3 Å². The largest absolute Gasteiger partial charge is 0.386 e. The first-order valence-electron chi connectivity index (χ1n) is 9.29. The predicted molar refractivity (Wildman–Crippen MR) is 114 cm³/mol. The van der Waals surface area contributed by atoms with E-state index in [0.717, 1.165) is 22.3 Å². The summed E-state index contributed by atoms with van der Waals surface area (Å²) in [5.74, 6) is -1.34. The summed E-state index contributed by atoms with van der Waals surface area (Å²) < 4.78 is 5.27. The molecule has 3 nitrogen and oxygen atoms in total. The van der Waals surface area contributed by atoms with Crippen LogP contribution >= 0.6 is 0 Å². The number of rotatable bonds is 4. The summed E-state index contributed by atoms with van der Waals surface area (Å²) in [5.41, 5.74) is 3.92. The molecule has 4 aromatic rings. The van der Waals surface area contributed by atoms with Gasteiger partial charge in [0.25, 0.3) is 0 Å². The van der Waals surface area contributed by atoms with E-state index < -0.39 is 11.9 Å². The molecular formula is C26H18O3. The lowest BCUT2D eigenvalue weighted by Crippen LogP contribution is -2.14. The van der Waals surface area contributed by atoms with Gasteiger partial charge in [-0.3, -0.25) is 0 Å². The van der Waals surface area contributed by atoms with Gasteiger partial charge in [-0.15, -0.1) is 0 Å². The van der Waals surface area contributed by atoms with Crippen LogP contribution in [0.5, 0.6) is 0 Å². The van der Waals surface area contributed by atoms with E-state index >= 15 is 0 Å². The average molecular weight is 378 g/mol. The molecule has 0 saturated heterocycles. The van der Waals surface area contributed by atoms with Crippen LogP contribution in [0.3, 0.4) is 0 Å². The molecule has 0 atom stereocenters. The van der Waals surface area contributed by atoms with Crippen LogP contribution in [-0.4, -0.2) is 11.9 Å². The molecule has 0 fully saturated rings. The molecule has 3 heteroatoms. The fraction of sp³-hybridized carbons (Fsp3) is 0. The van der Waals surface area contributed by atoms with Gasteiger partial charge >= 0.3 is 11.9 Å². The van der Waals surface area contributed by atoms with Gasteiger partial charge in [-0.2, -0.15) is 0 Å². The van der Waals surface area contributed by atoms with E-state index in [1.165, 1.54) is 0 Å². The summed E-state index contributed by atoms with van der Waals surface area (Å²) in [6.45, 7) is 0. The lowest BCUT2D eigenvalue weighted by atomic mass is 9.99. The lowest BCUT2D eigenvalue weighted by Gasteiger charge is -2.11. The van der Waals surface area contributed by atoms with Gasteiger partial charge in [0.2, 0.25) is 0 Å². The number of benzene rings is 4. The molecule has 0 heterocycles. The van der Waals surface area contributed by atoms with E-state index in [4.69, 9.17) is 4.74 Å². The Morgan fingerprint density at radius 1 is 0.448 bits per heavy atom. The highest BCUT2D eigenvalue weighted by Gasteiger charge is 2.20. The molecule has 0 aliphatic carbocycles. The molecule has 0 bridgehead atoms. The minimum atomic E-state index is -0.669. The Balaban J connectivity index is 1.64. The zero-order valence-corrected chi connectivity index (χ0v) is 15.6.